The highest BCUT2D eigenvalue weighted by molar-refractivity contribution is 6.30. The molecule has 0 heterocycles. The second-order valence-electron chi connectivity index (χ2n) is 7.44. The van der Waals surface area contributed by atoms with Gasteiger partial charge in [0.25, 0.3) is 5.91 Å². The summed E-state index contributed by atoms with van der Waals surface area (Å²) in [5.74, 6) is 0.758. The van der Waals surface area contributed by atoms with Gasteiger partial charge in [0.1, 0.15) is 0 Å². The summed E-state index contributed by atoms with van der Waals surface area (Å²) in [4.78, 5) is 16.6. The molecule has 2 aromatic carbocycles. The van der Waals surface area contributed by atoms with Gasteiger partial charge in [-0.1, -0.05) is 35.9 Å². The largest absolute Gasteiger partial charge is 0.357 e. The predicted molar refractivity (Wildman–Crippen MR) is 120 cm³/mol. The monoisotopic (exact) mass is 412 g/mol. The summed E-state index contributed by atoms with van der Waals surface area (Å²) < 4.78 is 0. The molecule has 1 fully saturated rings. The van der Waals surface area contributed by atoms with E-state index in [0.717, 1.165) is 55.4 Å². The van der Waals surface area contributed by atoms with Gasteiger partial charge in [0, 0.05) is 36.1 Å². The number of aliphatic imine (C=N–C) groups is 1. The topological polar surface area (TPSA) is 65.5 Å². The summed E-state index contributed by atoms with van der Waals surface area (Å²) in [6.07, 6.45) is 3.10. The van der Waals surface area contributed by atoms with Crippen LogP contribution in [-0.2, 0) is 11.8 Å². The fourth-order valence-electron chi connectivity index (χ4n) is 3.42. The number of rotatable bonds is 8. The maximum Gasteiger partial charge on any atom is 0.251 e. The van der Waals surface area contributed by atoms with E-state index in [1.165, 1.54) is 5.56 Å². The molecule has 2 aromatic rings. The zero-order valence-electron chi connectivity index (χ0n) is 17.1. The first-order chi connectivity index (χ1) is 14.1. The van der Waals surface area contributed by atoms with E-state index in [1.807, 2.05) is 36.4 Å². The van der Waals surface area contributed by atoms with Gasteiger partial charge in [-0.25, -0.2) is 0 Å². The number of nitrogens with one attached hydrogen (secondary N) is 3. The van der Waals surface area contributed by atoms with Crippen LogP contribution >= 0.6 is 11.6 Å². The predicted octanol–water partition coefficient (Wildman–Crippen LogP) is 3.53. The molecule has 0 unspecified atom stereocenters. The molecular formula is C23H29ClN4O. The molecule has 0 radical (unpaired) electrons. The Bertz CT molecular complexity index is 877. The highest BCUT2D eigenvalue weighted by Crippen LogP contribution is 2.48. The number of guanidine groups is 1. The molecule has 154 valence electrons. The molecule has 0 bridgehead atoms. The van der Waals surface area contributed by atoms with Gasteiger partial charge in [0.15, 0.2) is 5.96 Å². The van der Waals surface area contributed by atoms with Crippen LogP contribution in [0.2, 0.25) is 5.02 Å². The molecule has 1 amide bonds. The molecule has 3 rings (SSSR count). The van der Waals surface area contributed by atoms with Crippen molar-refractivity contribution >= 4 is 23.5 Å². The second kappa shape index (κ2) is 9.79. The molecule has 0 saturated heterocycles. The SMILES string of the molecule is CCNC(=NCC1(c2cccc(Cl)c2)CC1)NCCc1cccc(C(=O)NC)c1. The summed E-state index contributed by atoms with van der Waals surface area (Å²) >= 11 is 6.17. The minimum atomic E-state index is -0.0644. The summed E-state index contributed by atoms with van der Waals surface area (Å²) in [7, 11) is 1.64. The summed E-state index contributed by atoms with van der Waals surface area (Å²) in [6.45, 7) is 4.36. The van der Waals surface area contributed by atoms with Gasteiger partial charge in [-0.2, -0.15) is 0 Å². The van der Waals surface area contributed by atoms with Crippen molar-refractivity contribution in [2.24, 2.45) is 4.99 Å². The van der Waals surface area contributed by atoms with Crippen molar-refractivity contribution in [3.8, 4) is 0 Å². The molecule has 0 atom stereocenters. The Labute approximate surface area is 178 Å². The number of hydrogen-bond donors (Lipinski definition) is 3. The Kier molecular flexibility index (Phi) is 7.15. The molecule has 0 spiro atoms. The van der Waals surface area contributed by atoms with Crippen molar-refractivity contribution in [2.45, 2.75) is 31.6 Å². The highest BCUT2D eigenvalue weighted by Gasteiger charge is 2.44. The van der Waals surface area contributed by atoms with Gasteiger partial charge in [-0.15, -0.1) is 0 Å². The Hall–Kier alpha value is -2.53. The lowest BCUT2D eigenvalue weighted by Crippen LogP contribution is -2.39. The van der Waals surface area contributed by atoms with E-state index < -0.39 is 0 Å². The van der Waals surface area contributed by atoms with E-state index in [4.69, 9.17) is 16.6 Å². The quantitative estimate of drug-likeness (QED) is 0.459. The van der Waals surface area contributed by atoms with E-state index in [9.17, 15) is 4.79 Å². The van der Waals surface area contributed by atoms with Gasteiger partial charge in [0.2, 0.25) is 0 Å². The van der Waals surface area contributed by atoms with Gasteiger partial charge < -0.3 is 16.0 Å². The average molecular weight is 413 g/mol. The fraction of sp³-hybridized carbons (Fsp3) is 0.391. The highest BCUT2D eigenvalue weighted by atomic mass is 35.5. The molecule has 5 nitrogen and oxygen atoms in total. The molecule has 6 heteroatoms. The van der Waals surface area contributed by atoms with Crippen LogP contribution in [0, 0.1) is 0 Å². The van der Waals surface area contributed by atoms with Crippen molar-refractivity contribution in [3.63, 3.8) is 0 Å². The third-order valence-corrected chi connectivity index (χ3v) is 5.53. The fourth-order valence-corrected chi connectivity index (χ4v) is 3.61. The zero-order chi connectivity index (χ0) is 20.7. The summed E-state index contributed by atoms with van der Waals surface area (Å²) in [5.41, 5.74) is 3.19. The molecule has 0 aromatic heterocycles. The third kappa shape index (κ3) is 5.73. The second-order valence-corrected chi connectivity index (χ2v) is 7.88. The molecule has 0 aliphatic heterocycles. The van der Waals surface area contributed by atoms with Crippen LogP contribution in [0.25, 0.3) is 0 Å². The summed E-state index contributed by atoms with van der Waals surface area (Å²) in [5, 5.41) is 10.2. The average Bonchev–Trinajstić information content (AvgIpc) is 3.53. The van der Waals surface area contributed by atoms with Crippen molar-refractivity contribution in [1.82, 2.24) is 16.0 Å². The van der Waals surface area contributed by atoms with Crippen molar-refractivity contribution in [2.75, 3.05) is 26.7 Å². The van der Waals surface area contributed by atoms with Crippen LogP contribution in [-0.4, -0.2) is 38.5 Å². The van der Waals surface area contributed by atoms with Crippen LogP contribution in [0.15, 0.2) is 53.5 Å². The number of halogens is 1. The normalized spacial score (nSPS) is 14.9. The Morgan fingerprint density at radius 3 is 2.62 bits per heavy atom. The van der Waals surface area contributed by atoms with E-state index in [2.05, 4.69) is 35.0 Å². The van der Waals surface area contributed by atoms with Crippen molar-refractivity contribution in [1.29, 1.82) is 0 Å². The van der Waals surface area contributed by atoms with E-state index in [0.29, 0.717) is 5.56 Å². The molecule has 3 N–H and O–H groups in total. The Balaban J connectivity index is 1.58. The van der Waals surface area contributed by atoms with Crippen molar-refractivity contribution < 1.29 is 4.79 Å². The Morgan fingerprint density at radius 2 is 1.93 bits per heavy atom. The molecule has 1 aliphatic rings. The minimum absolute atomic E-state index is 0.0644. The Morgan fingerprint density at radius 1 is 1.14 bits per heavy atom. The van der Waals surface area contributed by atoms with Crippen LogP contribution in [0.3, 0.4) is 0 Å². The van der Waals surface area contributed by atoms with Crippen molar-refractivity contribution in [3.05, 3.63) is 70.2 Å². The summed E-state index contributed by atoms with van der Waals surface area (Å²) in [6, 6.07) is 15.8. The molecule has 29 heavy (non-hydrogen) atoms. The first-order valence-electron chi connectivity index (χ1n) is 10.2. The first-order valence-corrected chi connectivity index (χ1v) is 10.5. The number of nitrogens with zero attached hydrogens (tertiary/aromatic N) is 1. The van der Waals surface area contributed by atoms with Crippen LogP contribution in [0.4, 0.5) is 0 Å². The van der Waals surface area contributed by atoms with Gasteiger partial charge in [-0.3, -0.25) is 9.79 Å². The maximum atomic E-state index is 11.8. The number of benzene rings is 2. The number of amides is 1. The first kappa shape index (κ1) is 21.2. The van der Waals surface area contributed by atoms with E-state index >= 15 is 0 Å². The molecule has 1 saturated carbocycles. The number of carbonyl (C=O) groups excluding carboxylic acids is 1. The number of hydrogen-bond acceptors (Lipinski definition) is 2. The minimum Gasteiger partial charge on any atom is -0.357 e. The van der Waals surface area contributed by atoms with Crippen LogP contribution < -0.4 is 16.0 Å². The maximum absolute atomic E-state index is 11.8. The van der Waals surface area contributed by atoms with E-state index in [-0.39, 0.29) is 11.3 Å². The van der Waals surface area contributed by atoms with Gasteiger partial charge in [0.05, 0.1) is 6.54 Å². The molecular weight excluding hydrogens is 384 g/mol. The smallest absolute Gasteiger partial charge is 0.251 e. The lowest BCUT2D eigenvalue weighted by Gasteiger charge is -2.16. The van der Waals surface area contributed by atoms with Gasteiger partial charge >= 0.3 is 0 Å². The number of carbonyl (C=O) groups is 1. The van der Waals surface area contributed by atoms with Crippen LogP contribution in [0.5, 0.6) is 0 Å². The lowest BCUT2D eigenvalue weighted by atomic mass is 9.96. The molecule has 1 aliphatic carbocycles. The van der Waals surface area contributed by atoms with E-state index in [1.54, 1.807) is 7.05 Å². The standard InChI is InChI=1S/C23H29ClN4O/c1-3-26-22(27-13-10-17-6-4-7-18(14-17)21(29)25-2)28-16-23(11-12-23)19-8-5-9-20(24)15-19/h4-9,14-15H,3,10-13,16H2,1-2H3,(H,25,29)(H2,26,27,28). The van der Waals surface area contributed by atoms with Crippen LogP contribution in [0.1, 0.15) is 41.3 Å². The lowest BCUT2D eigenvalue weighted by molar-refractivity contribution is 0.0963. The van der Waals surface area contributed by atoms with Gasteiger partial charge in [-0.05, 0) is 61.6 Å². The third-order valence-electron chi connectivity index (χ3n) is 5.30. The zero-order valence-corrected chi connectivity index (χ0v) is 17.9.